The number of ketones is 1. The highest BCUT2D eigenvalue weighted by Crippen LogP contribution is 2.30. The van der Waals surface area contributed by atoms with Gasteiger partial charge in [0.15, 0.2) is 0 Å². The van der Waals surface area contributed by atoms with Crippen molar-refractivity contribution in [2.45, 2.75) is 31.8 Å². The second kappa shape index (κ2) is 5.88. The van der Waals surface area contributed by atoms with E-state index in [0.717, 1.165) is 30.4 Å². The van der Waals surface area contributed by atoms with Crippen molar-refractivity contribution in [2.24, 2.45) is 0 Å². The average Bonchev–Trinajstić information content (AvgIpc) is 3.03. The first-order valence-electron chi connectivity index (χ1n) is 7.65. The smallest absolute Gasteiger partial charge is 0.356 e. The molecule has 1 aliphatic rings. The molecule has 4 nitrogen and oxygen atoms in total. The molecule has 4 heteroatoms. The van der Waals surface area contributed by atoms with Crippen LogP contribution in [-0.2, 0) is 17.6 Å². The number of carbonyl (C=O) groups excluding carboxylic acids is 1. The van der Waals surface area contributed by atoms with Crippen LogP contribution in [0.3, 0.4) is 0 Å². The molecule has 0 fully saturated rings. The van der Waals surface area contributed by atoms with E-state index < -0.39 is 17.4 Å². The number of aryl methyl sites for hydroxylation is 1. The standard InChI is InChI=1S/C19H18O4/c1-19(18(21)22,23-14-9-3-2-4-10-14)17(20)16-12-6-8-13-7-5-11-15(13)16/h2-4,6,8-10,12H,5,7,11H2,1H3,(H,21,22). The molecule has 3 rings (SSSR count). The van der Waals surface area contributed by atoms with Gasteiger partial charge in [-0.15, -0.1) is 0 Å². The van der Waals surface area contributed by atoms with Crippen LogP contribution in [0.25, 0.3) is 0 Å². The van der Waals surface area contributed by atoms with Crippen molar-refractivity contribution in [2.75, 3.05) is 0 Å². The zero-order valence-electron chi connectivity index (χ0n) is 12.9. The van der Waals surface area contributed by atoms with Gasteiger partial charge < -0.3 is 9.84 Å². The Morgan fingerprint density at radius 2 is 1.78 bits per heavy atom. The SMILES string of the molecule is CC(Oc1ccccc1)(C(=O)O)C(=O)c1cccc2c1CCC2. The van der Waals surface area contributed by atoms with Gasteiger partial charge in [0.05, 0.1) is 0 Å². The second-order valence-corrected chi connectivity index (χ2v) is 5.88. The number of carboxylic acids is 1. The number of benzene rings is 2. The molecule has 2 aromatic rings. The van der Waals surface area contributed by atoms with Crippen molar-refractivity contribution in [1.82, 2.24) is 0 Å². The van der Waals surface area contributed by atoms with E-state index in [4.69, 9.17) is 4.74 Å². The number of rotatable bonds is 5. The first kappa shape index (κ1) is 15.3. The third-order valence-corrected chi connectivity index (χ3v) is 4.30. The number of carbonyl (C=O) groups is 2. The van der Waals surface area contributed by atoms with E-state index in [1.54, 1.807) is 36.4 Å². The maximum absolute atomic E-state index is 13.0. The van der Waals surface area contributed by atoms with E-state index in [9.17, 15) is 14.7 Å². The van der Waals surface area contributed by atoms with E-state index in [1.165, 1.54) is 6.92 Å². The van der Waals surface area contributed by atoms with Gasteiger partial charge >= 0.3 is 5.97 Å². The van der Waals surface area contributed by atoms with Crippen LogP contribution in [0.2, 0.25) is 0 Å². The van der Waals surface area contributed by atoms with Crippen LogP contribution in [-0.4, -0.2) is 22.5 Å². The Morgan fingerprint density at radius 1 is 1.04 bits per heavy atom. The van der Waals surface area contributed by atoms with E-state index in [2.05, 4.69) is 0 Å². The third-order valence-electron chi connectivity index (χ3n) is 4.30. The molecule has 1 unspecified atom stereocenters. The van der Waals surface area contributed by atoms with Crippen LogP contribution in [0.4, 0.5) is 0 Å². The van der Waals surface area contributed by atoms with Crippen molar-refractivity contribution in [3.05, 3.63) is 65.2 Å². The van der Waals surface area contributed by atoms with Gasteiger partial charge in [0, 0.05) is 5.56 Å². The van der Waals surface area contributed by atoms with Crippen LogP contribution >= 0.6 is 0 Å². The van der Waals surface area contributed by atoms with Crippen molar-refractivity contribution in [3.63, 3.8) is 0 Å². The Bertz CT molecular complexity index is 751. The lowest BCUT2D eigenvalue weighted by atomic mass is 9.90. The summed E-state index contributed by atoms with van der Waals surface area (Å²) < 4.78 is 5.59. The second-order valence-electron chi connectivity index (χ2n) is 5.88. The molecule has 0 heterocycles. The van der Waals surface area contributed by atoms with Gasteiger partial charge in [-0.3, -0.25) is 4.79 Å². The Morgan fingerprint density at radius 3 is 2.48 bits per heavy atom. The lowest BCUT2D eigenvalue weighted by molar-refractivity contribution is -0.149. The monoisotopic (exact) mass is 310 g/mol. The largest absolute Gasteiger partial charge is 0.478 e. The summed E-state index contributed by atoms with van der Waals surface area (Å²) >= 11 is 0. The van der Waals surface area contributed by atoms with Crippen LogP contribution in [0.5, 0.6) is 5.75 Å². The number of para-hydroxylation sites is 1. The van der Waals surface area contributed by atoms with Crippen LogP contribution < -0.4 is 4.74 Å². The normalized spacial score (nSPS) is 15.5. The van der Waals surface area contributed by atoms with Crippen LogP contribution in [0, 0.1) is 0 Å². The minimum Gasteiger partial charge on any atom is -0.478 e. The number of carboxylic acid groups (broad SMARTS) is 1. The molecule has 1 aliphatic carbocycles. The molecule has 0 amide bonds. The summed E-state index contributed by atoms with van der Waals surface area (Å²) in [5.41, 5.74) is 0.602. The predicted octanol–water partition coefficient (Wildman–Crippen LogP) is 3.28. The highest BCUT2D eigenvalue weighted by atomic mass is 16.5. The number of hydrogen-bond donors (Lipinski definition) is 1. The van der Waals surface area contributed by atoms with E-state index >= 15 is 0 Å². The predicted molar refractivity (Wildman–Crippen MR) is 85.9 cm³/mol. The maximum atomic E-state index is 13.0. The number of aliphatic carboxylic acids is 1. The lowest BCUT2D eigenvalue weighted by Gasteiger charge is -2.26. The Labute approximate surface area is 134 Å². The molecule has 0 saturated heterocycles. The van der Waals surface area contributed by atoms with E-state index in [0.29, 0.717) is 11.3 Å². The summed E-state index contributed by atoms with van der Waals surface area (Å²) in [7, 11) is 0. The van der Waals surface area contributed by atoms with Crippen molar-refractivity contribution in [1.29, 1.82) is 0 Å². The minimum atomic E-state index is -1.95. The Balaban J connectivity index is 2.00. The molecule has 23 heavy (non-hydrogen) atoms. The zero-order chi connectivity index (χ0) is 16.4. The third kappa shape index (κ3) is 2.72. The fourth-order valence-corrected chi connectivity index (χ4v) is 3.00. The molecule has 118 valence electrons. The summed E-state index contributed by atoms with van der Waals surface area (Å²) in [4.78, 5) is 24.8. The van der Waals surface area contributed by atoms with Crippen molar-refractivity contribution in [3.8, 4) is 5.75 Å². The molecular formula is C19H18O4. The van der Waals surface area contributed by atoms with Crippen LogP contribution in [0.1, 0.15) is 34.8 Å². The van der Waals surface area contributed by atoms with E-state index in [1.807, 2.05) is 12.1 Å². The van der Waals surface area contributed by atoms with Gasteiger partial charge in [0.1, 0.15) is 5.75 Å². The Hall–Kier alpha value is -2.62. The summed E-state index contributed by atoms with van der Waals surface area (Å²) in [6.45, 7) is 1.32. The van der Waals surface area contributed by atoms with Gasteiger partial charge in [-0.2, -0.15) is 0 Å². The highest BCUT2D eigenvalue weighted by molar-refractivity contribution is 6.15. The number of fused-ring (bicyclic) bond motifs is 1. The quantitative estimate of drug-likeness (QED) is 0.680. The molecule has 1 N–H and O–H groups in total. The fraction of sp³-hybridized carbons (Fsp3) is 0.263. The molecule has 0 saturated carbocycles. The molecule has 0 spiro atoms. The fourth-order valence-electron chi connectivity index (χ4n) is 3.00. The van der Waals surface area contributed by atoms with Gasteiger partial charge in [-0.05, 0) is 49.4 Å². The lowest BCUT2D eigenvalue weighted by Crippen LogP contribution is -2.49. The zero-order valence-corrected chi connectivity index (χ0v) is 12.9. The Kier molecular flexibility index (Phi) is 3.90. The summed E-state index contributed by atoms with van der Waals surface area (Å²) in [6.07, 6.45) is 2.72. The first-order chi connectivity index (χ1) is 11.0. The highest BCUT2D eigenvalue weighted by Gasteiger charge is 2.45. The molecule has 1 atom stereocenters. The summed E-state index contributed by atoms with van der Waals surface area (Å²) in [6, 6.07) is 14.1. The minimum absolute atomic E-state index is 0.360. The molecule has 0 aliphatic heterocycles. The van der Waals surface area contributed by atoms with Crippen LogP contribution in [0.15, 0.2) is 48.5 Å². The summed E-state index contributed by atoms with van der Waals surface area (Å²) in [5, 5.41) is 9.63. The molecule has 0 bridgehead atoms. The van der Waals surface area contributed by atoms with Gasteiger partial charge in [-0.1, -0.05) is 36.4 Å². The first-order valence-corrected chi connectivity index (χ1v) is 7.65. The molecule has 0 aromatic heterocycles. The van der Waals surface area contributed by atoms with Gasteiger partial charge in [0.25, 0.3) is 5.60 Å². The molecular weight excluding hydrogens is 292 g/mol. The van der Waals surface area contributed by atoms with Crippen molar-refractivity contribution >= 4 is 11.8 Å². The summed E-state index contributed by atoms with van der Waals surface area (Å²) in [5.74, 6) is -1.44. The molecule has 2 aromatic carbocycles. The average molecular weight is 310 g/mol. The molecule has 0 radical (unpaired) electrons. The number of Topliss-reactive ketones (excluding diaryl/α,β-unsaturated/α-hetero) is 1. The van der Waals surface area contributed by atoms with E-state index in [-0.39, 0.29) is 0 Å². The topological polar surface area (TPSA) is 63.6 Å². The van der Waals surface area contributed by atoms with Gasteiger partial charge in [0.2, 0.25) is 5.78 Å². The number of ether oxygens (including phenoxy) is 1. The number of hydrogen-bond acceptors (Lipinski definition) is 3. The van der Waals surface area contributed by atoms with Gasteiger partial charge in [-0.25, -0.2) is 4.79 Å². The van der Waals surface area contributed by atoms with Crippen molar-refractivity contribution < 1.29 is 19.4 Å². The maximum Gasteiger partial charge on any atom is 0.356 e.